The second-order valence-corrected chi connectivity index (χ2v) is 8.57. The molecule has 15 heteroatoms. The SMILES string of the molecule is CC(C)C(N)C(=O)NC(Cc1cnc[nH]1)C(=O)NC(CCCN=C(N)N)C(=O)NC(CS)C(=O)O. The van der Waals surface area contributed by atoms with Gasteiger partial charge < -0.3 is 43.2 Å². The van der Waals surface area contributed by atoms with Crippen molar-refractivity contribution in [3.05, 3.63) is 18.2 Å². The number of carboxylic acids is 1. The summed E-state index contributed by atoms with van der Waals surface area (Å²) in [5, 5.41) is 16.8. The van der Waals surface area contributed by atoms with E-state index < -0.39 is 47.9 Å². The summed E-state index contributed by atoms with van der Waals surface area (Å²) in [4.78, 5) is 60.4. The van der Waals surface area contributed by atoms with E-state index in [9.17, 15) is 24.3 Å². The number of nitrogens with two attached hydrogens (primary N) is 3. The molecule has 1 heterocycles. The second kappa shape index (κ2) is 14.8. The number of H-pyrrole nitrogens is 1. The topological polar surface area (TPSA) is 244 Å². The molecule has 0 saturated heterocycles. The molecule has 0 radical (unpaired) electrons. The molecular weight excluding hydrogens is 478 g/mol. The summed E-state index contributed by atoms with van der Waals surface area (Å²) >= 11 is 3.93. The van der Waals surface area contributed by atoms with E-state index in [0.717, 1.165) is 0 Å². The molecule has 0 aliphatic rings. The highest BCUT2D eigenvalue weighted by atomic mass is 32.1. The highest BCUT2D eigenvalue weighted by Crippen LogP contribution is 2.06. The molecule has 3 amide bonds. The van der Waals surface area contributed by atoms with Crippen LogP contribution in [0.25, 0.3) is 0 Å². The number of imidazole rings is 1. The number of carbonyl (C=O) groups is 4. The fourth-order valence-corrected chi connectivity index (χ4v) is 3.15. The first kappa shape index (κ1) is 29.7. The Kier molecular flexibility index (Phi) is 12.6. The number of rotatable bonds is 15. The lowest BCUT2D eigenvalue weighted by Gasteiger charge is -2.25. The lowest BCUT2D eigenvalue weighted by molar-refractivity contribution is -0.141. The van der Waals surface area contributed by atoms with Crippen LogP contribution in [0.3, 0.4) is 0 Å². The van der Waals surface area contributed by atoms with Crippen molar-refractivity contribution in [3.63, 3.8) is 0 Å². The van der Waals surface area contributed by atoms with Gasteiger partial charge in [-0.05, 0) is 18.8 Å². The van der Waals surface area contributed by atoms with E-state index in [4.69, 9.17) is 17.2 Å². The summed E-state index contributed by atoms with van der Waals surface area (Å²) < 4.78 is 0. The quantitative estimate of drug-likeness (QED) is 0.0518. The number of aliphatic carboxylic acids is 1. The Labute approximate surface area is 208 Å². The molecule has 196 valence electrons. The zero-order valence-corrected chi connectivity index (χ0v) is 20.6. The van der Waals surface area contributed by atoms with E-state index in [2.05, 4.69) is 43.5 Å². The van der Waals surface area contributed by atoms with Crippen LogP contribution in [-0.4, -0.2) is 81.2 Å². The first-order valence-corrected chi connectivity index (χ1v) is 11.6. The van der Waals surface area contributed by atoms with Gasteiger partial charge in [0, 0.05) is 30.6 Å². The predicted molar refractivity (Wildman–Crippen MR) is 132 cm³/mol. The number of aliphatic imine (C=N–C) groups is 1. The summed E-state index contributed by atoms with van der Waals surface area (Å²) in [5.74, 6) is -3.64. The number of aromatic amines is 1. The van der Waals surface area contributed by atoms with Crippen LogP contribution < -0.4 is 33.2 Å². The van der Waals surface area contributed by atoms with E-state index in [1.165, 1.54) is 12.5 Å². The van der Waals surface area contributed by atoms with E-state index in [0.29, 0.717) is 12.1 Å². The zero-order valence-electron chi connectivity index (χ0n) is 19.7. The highest BCUT2D eigenvalue weighted by molar-refractivity contribution is 7.80. The Morgan fingerprint density at radius 2 is 1.69 bits per heavy atom. The van der Waals surface area contributed by atoms with Gasteiger partial charge in [0.15, 0.2) is 5.96 Å². The van der Waals surface area contributed by atoms with Crippen LogP contribution >= 0.6 is 12.6 Å². The molecule has 35 heavy (non-hydrogen) atoms. The number of aromatic nitrogens is 2. The average Bonchev–Trinajstić information content (AvgIpc) is 3.30. The Balaban J connectivity index is 3.06. The molecule has 11 N–H and O–H groups in total. The third-order valence-corrected chi connectivity index (χ3v) is 5.37. The maximum Gasteiger partial charge on any atom is 0.327 e. The average molecular weight is 514 g/mol. The molecular formula is C20H35N9O5S. The van der Waals surface area contributed by atoms with Gasteiger partial charge in [-0.1, -0.05) is 13.8 Å². The number of thiol groups is 1. The normalized spacial score (nSPS) is 14.3. The first-order valence-electron chi connectivity index (χ1n) is 11.0. The van der Waals surface area contributed by atoms with Crippen molar-refractivity contribution >= 4 is 42.3 Å². The van der Waals surface area contributed by atoms with Crippen LogP contribution in [0, 0.1) is 5.92 Å². The van der Waals surface area contributed by atoms with Crippen LogP contribution in [0.1, 0.15) is 32.4 Å². The number of nitrogens with one attached hydrogen (secondary N) is 4. The second-order valence-electron chi connectivity index (χ2n) is 8.20. The largest absolute Gasteiger partial charge is 0.480 e. The van der Waals surface area contributed by atoms with E-state index in [1.54, 1.807) is 13.8 Å². The van der Waals surface area contributed by atoms with Gasteiger partial charge in [0.2, 0.25) is 17.7 Å². The Bertz CT molecular complexity index is 874. The third-order valence-electron chi connectivity index (χ3n) is 5.01. The van der Waals surface area contributed by atoms with Crippen LogP contribution in [0.2, 0.25) is 0 Å². The summed E-state index contributed by atoms with van der Waals surface area (Å²) in [6, 6.07) is -4.32. The van der Waals surface area contributed by atoms with Crippen molar-refractivity contribution in [2.75, 3.05) is 12.3 Å². The van der Waals surface area contributed by atoms with Gasteiger partial charge in [0.05, 0.1) is 12.4 Å². The number of carbonyl (C=O) groups excluding carboxylic acids is 3. The standard InChI is InChI=1S/C20H35N9O5S/c1-10(2)15(21)18(32)28-13(6-11-7-24-9-26-11)17(31)27-12(4-3-5-25-20(22)23)16(30)29-14(8-35)19(33)34/h7,9-10,12-15,35H,3-6,8,21H2,1-2H3,(H,24,26)(H,27,31)(H,28,32)(H,29,30)(H,33,34)(H4,22,23,25). The molecule has 0 aliphatic heterocycles. The number of nitrogens with zero attached hydrogens (tertiary/aromatic N) is 2. The Morgan fingerprint density at radius 3 is 2.20 bits per heavy atom. The summed E-state index contributed by atoms with van der Waals surface area (Å²) in [7, 11) is 0. The zero-order chi connectivity index (χ0) is 26.5. The first-order chi connectivity index (χ1) is 16.5. The molecule has 0 saturated carbocycles. The van der Waals surface area contributed by atoms with Crippen molar-refractivity contribution in [2.24, 2.45) is 28.1 Å². The van der Waals surface area contributed by atoms with Gasteiger partial charge >= 0.3 is 5.97 Å². The monoisotopic (exact) mass is 513 g/mol. The van der Waals surface area contributed by atoms with Gasteiger partial charge in [-0.25, -0.2) is 9.78 Å². The van der Waals surface area contributed by atoms with Gasteiger partial charge in [-0.3, -0.25) is 19.4 Å². The predicted octanol–water partition coefficient (Wildman–Crippen LogP) is -2.54. The smallest absolute Gasteiger partial charge is 0.327 e. The van der Waals surface area contributed by atoms with Crippen LogP contribution in [0.15, 0.2) is 17.5 Å². The number of guanidine groups is 1. The maximum absolute atomic E-state index is 13.2. The minimum absolute atomic E-state index is 0.0547. The number of carboxylic acid groups (broad SMARTS) is 1. The minimum atomic E-state index is -1.27. The van der Waals surface area contributed by atoms with Gasteiger partial charge in [-0.15, -0.1) is 0 Å². The van der Waals surface area contributed by atoms with Gasteiger partial charge in [0.25, 0.3) is 0 Å². The molecule has 0 bridgehead atoms. The van der Waals surface area contributed by atoms with E-state index >= 15 is 0 Å². The molecule has 0 spiro atoms. The number of amides is 3. The summed E-state index contributed by atoms with van der Waals surface area (Å²) in [5.41, 5.74) is 17.1. The molecule has 0 fully saturated rings. The minimum Gasteiger partial charge on any atom is -0.480 e. The van der Waals surface area contributed by atoms with E-state index in [-0.39, 0.29) is 37.0 Å². The molecule has 14 nitrogen and oxygen atoms in total. The molecule has 0 aliphatic carbocycles. The van der Waals surface area contributed by atoms with Crippen LogP contribution in [0.4, 0.5) is 0 Å². The number of hydrogen-bond donors (Lipinski definition) is 9. The van der Waals surface area contributed by atoms with E-state index in [1.807, 2.05) is 0 Å². The van der Waals surface area contributed by atoms with Crippen molar-refractivity contribution < 1.29 is 24.3 Å². The van der Waals surface area contributed by atoms with Crippen LogP contribution in [-0.2, 0) is 25.6 Å². The number of hydrogen-bond acceptors (Lipinski definition) is 8. The molecule has 4 unspecified atom stereocenters. The highest BCUT2D eigenvalue weighted by Gasteiger charge is 2.30. The molecule has 4 atom stereocenters. The van der Waals surface area contributed by atoms with Crippen molar-refractivity contribution in [3.8, 4) is 0 Å². The Hall–Kier alpha value is -3.33. The lowest BCUT2D eigenvalue weighted by Crippen LogP contribution is -2.58. The molecule has 1 rings (SSSR count). The van der Waals surface area contributed by atoms with Crippen LogP contribution in [0.5, 0.6) is 0 Å². The van der Waals surface area contributed by atoms with Crippen molar-refractivity contribution in [2.45, 2.75) is 57.3 Å². The summed E-state index contributed by atoms with van der Waals surface area (Å²) in [6.07, 6.45) is 3.39. The lowest BCUT2D eigenvalue weighted by atomic mass is 10.0. The molecule has 1 aromatic rings. The third kappa shape index (κ3) is 10.6. The Morgan fingerprint density at radius 1 is 1.09 bits per heavy atom. The maximum atomic E-state index is 13.2. The van der Waals surface area contributed by atoms with Crippen molar-refractivity contribution in [1.82, 2.24) is 25.9 Å². The summed E-state index contributed by atoms with van der Waals surface area (Å²) in [6.45, 7) is 3.73. The van der Waals surface area contributed by atoms with Gasteiger partial charge in [-0.2, -0.15) is 12.6 Å². The van der Waals surface area contributed by atoms with Gasteiger partial charge in [0.1, 0.15) is 18.1 Å². The fourth-order valence-electron chi connectivity index (χ4n) is 2.90. The molecule has 0 aromatic carbocycles. The molecule has 1 aromatic heterocycles. The van der Waals surface area contributed by atoms with Crippen molar-refractivity contribution in [1.29, 1.82) is 0 Å². The fraction of sp³-hybridized carbons (Fsp3) is 0.600.